The van der Waals surface area contributed by atoms with E-state index in [0.717, 1.165) is 25.2 Å². The van der Waals surface area contributed by atoms with Crippen molar-refractivity contribution in [1.29, 1.82) is 5.26 Å². The number of nitrogens with two attached hydrogens (primary N) is 1. The Morgan fingerprint density at radius 1 is 1.24 bits per heavy atom. The Kier molecular flexibility index (Phi) is 3.78. The summed E-state index contributed by atoms with van der Waals surface area (Å²) in [5.41, 5.74) is 6.28. The second-order valence-electron chi connectivity index (χ2n) is 4.75. The normalized spacial score (nSPS) is 19.8. The van der Waals surface area contributed by atoms with Gasteiger partial charge in [-0.15, -0.1) is 0 Å². The summed E-state index contributed by atoms with van der Waals surface area (Å²) in [6.07, 6.45) is 3.25. The molecule has 0 amide bonds. The van der Waals surface area contributed by atoms with Gasteiger partial charge >= 0.3 is 0 Å². The maximum Gasteiger partial charge on any atom is 0.131 e. The van der Waals surface area contributed by atoms with E-state index in [1.54, 1.807) is 0 Å². The molecule has 0 aromatic heterocycles. The molecule has 1 aromatic carbocycles. The van der Waals surface area contributed by atoms with Crippen molar-refractivity contribution in [2.75, 3.05) is 19.6 Å². The standard InChI is InChI=1S/C14H19N3/c15-12-14(16,13-6-2-1-3-7-13)8-11-17-9-4-5-10-17/h1-3,6-7H,4-5,8-11,16H2. The second kappa shape index (κ2) is 5.31. The van der Waals surface area contributed by atoms with Gasteiger partial charge in [-0.25, -0.2) is 0 Å². The maximum absolute atomic E-state index is 9.32. The van der Waals surface area contributed by atoms with Crippen LogP contribution in [0.25, 0.3) is 0 Å². The Labute approximate surface area is 103 Å². The highest BCUT2D eigenvalue weighted by molar-refractivity contribution is 5.30. The molecule has 1 heterocycles. The Hall–Kier alpha value is -1.37. The first-order chi connectivity index (χ1) is 8.24. The zero-order valence-corrected chi connectivity index (χ0v) is 10.1. The average molecular weight is 229 g/mol. The predicted molar refractivity (Wildman–Crippen MR) is 68.2 cm³/mol. The monoisotopic (exact) mass is 229 g/mol. The first-order valence-corrected chi connectivity index (χ1v) is 6.23. The maximum atomic E-state index is 9.32. The van der Waals surface area contributed by atoms with Crippen LogP contribution in [0.4, 0.5) is 0 Å². The van der Waals surface area contributed by atoms with Crippen molar-refractivity contribution in [3.8, 4) is 6.07 Å². The lowest BCUT2D eigenvalue weighted by Crippen LogP contribution is -2.38. The van der Waals surface area contributed by atoms with Crippen molar-refractivity contribution in [3.63, 3.8) is 0 Å². The van der Waals surface area contributed by atoms with E-state index in [2.05, 4.69) is 11.0 Å². The molecule has 1 aromatic rings. The van der Waals surface area contributed by atoms with E-state index in [0.29, 0.717) is 6.42 Å². The van der Waals surface area contributed by atoms with E-state index >= 15 is 0 Å². The quantitative estimate of drug-likeness (QED) is 0.857. The molecular weight excluding hydrogens is 210 g/mol. The number of benzene rings is 1. The highest BCUT2D eigenvalue weighted by atomic mass is 15.1. The summed E-state index contributed by atoms with van der Waals surface area (Å²) in [6.45, 7) is 3.21. The number of likely N-dealkylation sites (tertiary alicyclic amines) is 1. The molecule has 3 heteroatoms. The molecule has 90 valence electrons. The van der Waals surface area contributed by atoms with Gasteiger partial charge in [-0.05, 0) is 37.9 Å². The SMILES string of the molecule is N#CC(N)(CCN1CCCC1)c1ccccc1. The zero-order valence-electron chi connectivity index (χ0n) is 10.1. The van der Waals surface area contributed by atoms with Crippen LogP contribution in [-0.2, 0) is 5.54 Å². The Morgan fingerprint density at radius 2 is 1.88 bits per heavy atom. The topological polar surface area (TPSA) is 53.1 Å². The van der Waals surface area contributed by atoms with E-state index < -0.39 is 5.54 Å². The Morgan fingerprint density at radius 3 is 2.47 bits per heavy atom. The molecule has 3 nitrogen and oxygen atoms in total. The van der Waals surface area contributed by atoms with E-state index in [1.165, 1.54) is 12.8 Å². The molecule has 0 spiro atoms. The fourth-order valence-electron chi connectivity index (χ4n) is 2.34. The molecule has 17 heavy (non-hydrogen) atoms. The van der Waals surface area contributed by atoms with E-state index in [9.17, 15) is 5.26 Å². The highest BCUT2D eigenvalue weighted by Crippen LogP contribution is 2.22. The average Bonchev–Trinajstić information content (AvgIpc) is 2.90. The van der Waals surface area contributed by atoms with E-state index in [1.807, 2.05) is 30.3 Å². The summed E-state index contributed by atoms with van der Waals surface area (Å²) >= 11 is 0. The molecule has 1 aliphatic heterocycles. The van der Waals surface area contributed by atoms with Gasteiger partial charge in [0.05, 0.1) is 6.07 Å². The van der Waals surface area contributed by atoms with Crippen molar-refractivity contribution in [1.82, 2.24) is 4.90 Å². The van der Waals surface area contributed by atoms with Crippen LogP contribution in [-0.4, -0.2) is 24.5 Å². The molecule has 2 N–H and O–H groups in total. The number of nitriles is 1. The van der Waals surface area contributed by atoms with Gasteiger partial charge in [0.15, 0.2) is 0 Å². The van der Waals surface area contributed by atoms with Crippen LogP contribution in [0.5, 0.6) is 0 Å². The smallest absolute Gasteiger partial charge is 0.131 e. The van der Waals surface area contributed by atoms with Crippen LogP contribution in [0.15, 0.2) is 30.3 Å². The van der Waals surface area contributed by atoms with Crippen LogP contribution >= 0.6 is 0 Å². The van der Waals surface area contributed by atoms with Crippen LogP contribution in [0.2, 0.25) is 0 Å². The molecule has 0 radical (unpaired) electrons. The third kappa shape index (κ3) is 2.85. The van der Waals surface area contributed by atoms with Crippen molar-refractivity contribution in [2.45, 2.75) is 24.8 Å². The van der Waals surface area contributed by atoms with Gasteiger partial charge in [0.1, 0.15) is 5.54 Å². The number of hydrogen-bond acceptors (Lipinski definition) is 3. The number of hydrogen-bond donors (Lipinski definition) is 1. The van der Waals surface area contributed by atoms with Gasteiger partial charge in [0.25, 0.3) is 0 Å². The van der Waals surface area contributed by atoms with Gasteiger partial charge in [-0.1, -0.05) is 30.3 Å². The number of nitrogens with zero attached hydrogens (tertiary/aromatic N) is 2. The van der Waals surface area contributed by atoms with Gasteiger partial charge in [0, 0.05) is 6.54 Å². The zero-order chi connectivity index (χ0) is 12.1. The van der Waals surface area contributed by atoms with Crippen molar-refractivity contribution >= 4 is 0 Å². The van der Waals surface area contributed by atoms with Crippen LogP contribution in [0.3, 0.4) is 0 Å². The minimum atomic E-state index is -0.843. The molecule has 1 saturated heterocycles. The van der Waals surface area contributed by atoms with Crippen molar-refractivity contribution < 1.29 is 0 Å². The predicted octanol–water partition coefficient (Wildman–Crippen LogP) is 1.85. The van der Waals surface area contributed by atoms with Crippen LogP contribution in [0.1, 0.15) is 24.8 Å². The lowest BCUT2D eigenvalue weighted by Gasteiger charge is -2.25. The number of rotatable bonds is 4. The van der Waals surface area contributed by atoms with Gasteiger partial charge in [-0.3, -0.25) is 0 Å². The lowest BCUT2D eigenvalue weighted by molar-refractivity contribution is 0.305. The van der Waals surface area contributed by atoms with Crippen molar-refractivity contribution in [2.24, 2.45) is 5.73 Å². The molecule has 1 aliphatic rings. The molecular formula is C14H19N3. The summed E-state index contributed by atoms with van der Waals surface area (Å²) in [6, 6.07) is 12.0. The van der Waals surface area contributed by atoms with Gasteiger partial charge in [0.2, 0.25) is 0 Å². The van der Waals surface area contributed by atoms with Crippen molar-refractivity contribution in [3.05, 3.63) is 35.9 Å². The molecule has 1 unspecified atom stereocenters. The molecule has 0 saturated carbocycles. The fourth-order valence-corrected chi connectivity index (χ4v) is 2.34. The molecule has 1 fully saturated rings. The van der Waals surface area contributed by atoms with Gasteiger partial charge < -0.3 is 10.6 Å². The first-order valence-electron chi connectivity index (χ1n) is 6.23. The summed E-state index contributed by atoms with van der Waals surface area (Å²) in [7, 11) is 0. The first kappa shape index (κ1) is 12.1. The van der Waals surface area contributed by atoms with E-state index in [-0.39, 0.29) is 0 Å². The molecule has 0 aliphatic carbocycles. The molecule has 1 atom stereocenters. The van der Waals surface area contributed by atoms with E-state index in [4.69, 9.17) is 5.73 Å². The Bertz CT molecular complexity index is 390. The molecule has 2 rings (SSSR count). The summed E-state index contributed by atoms with van der Waals surface area (Å²) in [4.78, 5) is 2.39. The van der Waals surface area contributed by atoms with Crippen LogP contribution in [0, 0.1) is 11.3 Å². The molecule has 0 bridgehead atoms. The van der Waals surface area contributed by atoms with Gasteiger partial charge in [-0.2, -0.15) is 5.26 Å². The van der Waals surface area contributed by atoms with Crippen LogP contribution < -0.4 is 5.73 Å². The second-order valence-corrected chi connectivity index (χ2v) is 4.75. The summed E-state index contributed by atoms with van der Waals surface area (Å²) < 4.78 is 0. The summed E-state index contributed by atoms with van der Waals surface area (Å²) in [5, 5.41) is 9.32. The lowest BCUT2D eigenvalue weighted by atomic mass is 9.89. The Balaban J connectivity index is 2.02. The minimum absolute atomic E-state index is 0.702. The summed E-state index contributed by atoms with van der Waals surface area (Å²) in [5.74, 6) is 0. The third-order valence-electron chi connectivity index (χ3n) is 3.51. The largest absolute Gasteiger partial charge is 0.310 e. The minimum Gasteiger partial charge on any atom is -0.310 e. The fraction of sp³-hybridized carbons (Fsp3) is 0.500. The third-order valence-corrected chi connectivity index (χ3v) is 3.51. The highest BCUT2D eigenvalue weighted by Gasteiger charge is 2.27.